The third kappa shape index (κ3) is 4.91. The first-order valence-electron chi connectivity index (χ1n) is 9.61. The number of furan rings is 1. The molecule has 0 unspecified atom stereocenters. The minimum absolute atomic E-state index is 0.280. The van der Waals surface area contributed by atoms with Crippen molar-refractivity contribution in [1.82, 2.24) is 20.2 Å². The highest BCUT2D eigenvalue weighted by Crippen LogP contribution is 2.21. The number of hydrogen-bond donors (Lipinski definition) is 2. The maximum atomic E-state index is 12.3. The van der Waals surface area contributed by atoms with Crippen LogP contribution in [0.2, 0.25) is 0 Å². The monoisotopic (exact) mass is 392 g/mol. The lowest BCUT2D eigenvalue weighted by Gasteiger charge is -2.34. The second-order valence-corrected chi connectivity index (χ2v) is 6.99. The van der Waals surface area contributed by atoms with Gasteiger partial charge >= 0.3 is 0 Å². The molecule has 0 saturated carbocycles. The molecule has 8 heteroatoms. The van der Waals surface area contributed by atoms with Crippen LogP contribution in [0.5, 0.6) is 0 Å². The molecule has 8 nitrogen and oxygen atoms in total. The van der Waals surface area contributed by atoms with Gasteiger partial charge in [0.05, 0.1) is 12.8 Å². The Hall–Kier alpha value is -3.39. The Balaban J connectivity index is 1.36. The number of likely N-dealkylation sites (N-methyl/N-ethyl adjacent to an activating group) is 1. The van der Waals surface area contributed by atoms with E-state index in [-0.39, 0.29) is 5.91 Å². The number of benzene rings is 1. The Kier molecular flexibility index (Phi) is 5.71. The van der Waals surface area contributed by atoms with Crippen molar-refractivity contribution in [3.05, 3.63) is 66.4 Å². The normalized spacial score (nSPS) is 14.6. The van der Waals surface area contributed by atoms with Crippen LogP contribution in [0.15, 0.2) is 59.3 Å². The standard InChI is InChI=1S/C21H24N6O2/c1-26-10-12-27(13-11-26)17-6-4-16(5-7-17)24-21-22-9-8-19(25-21)20(28)23-15-18-3-2-14-29-18/h2-9,14H,10-13,15H2,1H3,(H,23,28)(H,22,24,25). The first kappa shape index (κ1) is 18.9. The number of rotatable bonds is 6. The minimum atomic E-state index is -0.280. The Morgan fingerprint density at radius 1 is 1.10 bits per heavy atom. The van der Waals surface area contributed by atoms with Gasteiger partial charge in [0.15, 0.2) is 0 Å². The molecule has 1 aromatic carbocycles. The van der Waals surface area contributed by atoms with E-state index < -0.39 is 0 Å². The lowest BCUT2D eigenvalue weighted by Crippen LogP contribution is -2.44. The number of hydrogen-bond acceptors (Lipinski definition) is 7. The van der Waals surface area contributed by atoms with E-state index in [1.54, 1.807) is 30.7 Å². The van der Waals surface area contributed by atoms with Gasteiger partial charge in [-0.25, -0.2) is 9.97 Å². The summed E-state index contributed by atoms with van der Waals surface area (Å²) in [4.78, 5) is 25.5. The molecule has 0 spiro atoms. The van der Waals surface area contributed by atoms with Gasteiger partial charge in [0.2, 0.25) is 5.95 Å². The number of carbonyl (C=O) groups is 1. The van der Waals surface area contributed by atoms with Gasteiger partial charge < -0.3 is 24.9 Å². The van der Waals surface area contributed by atoms with Gasteiger partial charge in [-0.3, -0.25) is 4.79 Å². The van der Waals surface area contributed by atoms with E-state index in [2.05, 4.69) is 49.6 Å². The van der Waals surface area contributed by atoms with E-state index in [0.29, 0.717) is 23.9 Å². The quantitative estimate of drug-likeness (QED) is 0.666. The van der Waals surface area contributed by atoms with E-state index in [1.165, 1.54) is 5.69 Å². The van der Waals surface area contributed by atoms with Gasteiger partial charge in [-0.15, -0.1) is 0 Å². The summed E-state index contributed by atoms with van der Waals surface area (Å²) in [6.07, 6.45) is 3.14. The zero-order valence-corrected chi connectivity index (χ0v) is 16.3. The van der Waals surface area contributed by atoms with Crippen molar-refractivity contribution in [3.8, 4) is 0 Å². The lowest BCUT2D eigenvalue weighted by atomic mass is 10.2. The molecule has 3 heterocycles. The summed E-state index contributed by atoms with van der Waals surface area (Å²) in [7, 11) is 2.15. The second-order valence-electron chi connectivity index (χ2n) is 6.99. The molecule has 1 aliphatic heterocycles. The average molecular weight is 392 g/mol. The summed E-state index contributed by atoms with van der Waals surface area (Å²) < 4.78 is 5.22. The Labute approximate surface area is 169 Å². The van der Waals surface area contributed by atoms with Crippen LogP contribution in [-0.4, -0.2) is 54.0 Å². The minimum Gasteiger partial charge on any atom is -0.467 e. The number of nitrogens with one attached hydrogen (secondary N) is 2. The molecule has 1 aliphatic rings. The summed E-state index contributed by atoms with van der Waals surface area (Å²) in [6.45, 7) is 4.51. The maximum absolute atomic E-state index is 12.3. The second kappa shape index (κ2) is 8.74. The number of anilines is 3. The number of amides is 1. The number of aromatic nitrogens is 2. The number of nitrogens with zero attached hydrogens (tertiary/aromatic N) is 4. The van der Waals surface area contributed by atoms with Gasteiger partial charge in [-0.2, -0.15) is 0 Å². The summed E-state index contributed by atoms with van der Waals surface area (Å²) in [5.74, 6) is 0.784. The molecule has 150 valence electrons. The van der Waals surface area contributed by atoms with Crippen molar-refractivity contribution in [2.45, 2.75) is 6.54 Å². The zero-order valence-electron chi connectivity index (χ0n) is 16.3. The SMILES string of the molecule is CN1CCN(c2ccc(Nc3nccc(C(=O)NCc4ccco4)n3)cc2)CC1. The molecule has 2 aromatic heterocycles. The topological polar surface area (TPSA) is 86.5 Å². The molecule has 3 aromatic rings. The van der Waals surface area contributed by atoms with E-state index >= 15 is 0 Å². The highest BCUT2D eigenvalue weighted by molar-refractivity contribution is 5.92. The van der Waals surface area contributed by atoms with Crippen molar-refractivity contribution >= 4 is 23.2 Å². The third-order valence-corrected chi connectivity index (χ3v) is 4.88. The number of carbonyl (C=O) groups excluding carboxylic acids is 1. The van der Waals surface area contributed by atoms with Crippen molar-refractivity contribution < 1.29 is 9.21 Å². The van der Waals surface area contributed by atoms with Crippen molar-refractivity contribution in [2.24, 2.45) is 0 Å². The first-order chi connectivity index (χ1) is 14.2. The fourth-order valence-electron chi connectivity index (χ4n) is 3.17. The molecular formula is C21H24N6O2. The zero-order chi connectivity index (χ0) is 20.1. The van der Waals surface area contributed by atoms with Crippen LogP contribution in [0.4, 0.5) is 17.3 Å². The molecular weight excluding hydrogens is 368 g/mol. The Bertz CT molecular complexity index is 934. The van der Waals surface area contributed by atoms with Gasteiger partial charge in [-0.1, -0.05) is 0 Å². The van der Waals surface area contributed by atoms with Crippen molar-refractivity contribution in [2.75, 3.05) is 43.4 Å². The summed E-state index contributed by atoms with van der Waals surface area (Å²) in [5, 5.41) is 5.94. The van der Waals surface area contributed by atoms with Crippen LogP contribution >= 0.6 is 0 Å². The predicted octanol–water partition coefficient (Wildman–Crippen LogP) is 2.50. The van der Waals surface area contributed by atoms with Crippen molar-refractivity contribution in [1.29, 1.82) is 0 Å². The molecule has 1 fully saturated rings. The van der Waals surface area contributed by atoms with Crippen LogP contribution < -0.4 is 15.5 Å². The molecule has 1 saturated heterocycles. The van der Waals surface area contributed by atoms with Crippen molar-refractivity contribution in [3.63, 3.8) is 0 Å². The fourth-order valence-corrected chi connectivity index (χ4v) is 3.17. The van der Waals surface area contributed by atoms with Crippen LogP contribution in [0, 0.1) is 0 Å². The molecule has 2 N–H and O–H groups in total. The molecule has 1 amide bonds. The number of piperazine rings is 1. The first-order valence-corrected chi connectivity index (χ1v) is 9.61. The smallest absolute Gasteiger partial charge is 0.270 e. The van der Waals surface area contributed by atoms with Gasteiger partial charge in [0.25, 0.3) is 5.91 Å². The van der Waals surface area contributed by atoms with Crippen LogP contribution in [0.1, 0.15) is 16.2 Å². The summed E-state index contributed by atoms with van der Waals surface area (Å²) in [6, 6.07) is 13.4. The largest absolute Gasteiger partial charge is 0.467 e. The molecule has 4 rings (SSSR count). The van der Waals surface area contributed by atoms with Gasteiger partial charge in [-0.05, 0) is 49.5 Å². The predicted molar refractivity (Wildman–Crippen MR) is 111 cm³/mol. The Morgan fingerprint density at radius 2 is 1.90 bits per heavy atom. The molecule has 0 aliphatic carbocycles. The molecule has 0 bridgehead atoms. The molecule has 0 atom stereocenters. The van der Waals surface area contributed by atoms with E-state index in [4.69, 9.17) is 4.42 Å². The van der Waals surface area contributed by atoms with Crippen LogP contribution in [-0.2, 0) is 6.54 Å². The maximum Gasteiger partial charge on any atom is 0.270 e. The van der Waals surface area contributed by atoms with Gasteiger partial charge in [0.1, 0.15) is 11.5 Å². The average Bonchev–Trinajstić information content (AvgIpc) is 3.27. The Morgan fingerprint density at radius 3 is 2.62 bits per heavy atom. The molecule has 0 radical (unpaired) electrons. The molecule has 29 heavy (non-hydrogen) atoms. The van der Waals surface area contributed by atoms with Gasteiger partial charge in [0, 0.05) is 43.8 Å². The highest BCUT2D eigenvalue weighted by atomic mass is 16.3. The summed E-state index contributed by atoms with van der Waals surface area (Å²) >= 11 is 0. The van der Waals surface area contributed by atoms with Crippen LogP contribution in [0.25, 0.3) is 0 Å². The third-order valence-electron chi connectivity index (χ3n) is 4.88. The van der Waals surface area contributed by atoms with E-state index in [9.17, 15) is 4.79 Å². The highest BCUT2D eigenvalue weighted by Gasteiger charge is 2.14. The lowest BCUT2D eigenvalue weighted by molar-refractivity contribution is 0.0943. The van der Waals surface area contributed by atoms with Crippen LogP contribution in [0.3, 0.4) is 0 Å². The summed E-state index contributed by atoms with van der Waals surface area (Å²) in [5.41, 5.74) is 2.37. The van der Waals surface area contributed by atoms with E-state index in [1.807, 2.05) is 12.1 Å². The van der Waals surface area contributed by atoms with E-state index in [0.717, 1.165) is 31.9 Å². The fraction of sp³-hybridized carbons (Fsp3) is 0.286.